The zero-order valence-electron chi connectivity index (χ0n) is 15.4. The minimum atomic E-state index is -0.207. The molecule has 3 aromatic rings. The van der Waals surface area contributed by atoms with Crippen LogP contribution < -0.4 is 10.0 Å². The number of carbonyl (C=O) groups is 1. The molecule has 8 heteroatoms. The molecule has 0 saturated carbocycles. The highest BCUT2D eigenvalue weighted by Crippen LogP contribution is 2.38. The Balaban J connectivity index is 1.24. The summed E-state index contributed by atoms with van der Waals surface area (Å²) in [4.78, 5) is 16.6. The number of carbonyl (C=O) groups excluding carboxylic acids is 1. The molecule has 28 heavy (non-hydrogen) atoms. The molecule has 2 heterocycles. The van der Waals surface area contributed by atoms with Crippen LogP contribution in [0.15, 0.2) is 40.2 Å². The molecule has 1 aromatic carbocycles. The summed E-state index contributed by atoms with van der Waals surface area (Å²) in [6.45, 7) is 0.460. The number of nitrogens with one attached hydrogen (secondary N) is 2. The van der Waals surface area contributed by atoms with Crippen molar-refractivity contribution in [3.63, 3.8) is 0 Å². The number of aryl methyl sites for hydroxylation is 2. The van der Waals surface area contributed by atoms with Gasteiger partial charge < -0.3 is 9.73 Å². The molecule has 2 aromatic heterocycles. The van der Waals surface area contributed by atoms with Crippen LogP contribution in [0.3, 0.4) is 0 Å². The number of benzene rings is 1. The fourth-order valence-electron chi connectivity index (χ4n) is 4.16. The van der Waals surface area contributed by atoms with Gasteiger partial charge in [0, 0.05) is 23.8 Å². The van der Waals surface area contributed by atoms with E-state index >= 15 is 0 Å². The molecule has 0 unspecified atom stereocenters. The molecule has 7 nitrogen and oxygen atoms in total. The summed E-state index contributed by atoms with van der Waals surface area (Å²) in [7, 11) is 0. The van der Waals surface area contributed by atoms with Gasteiger partial charge in [-0.1, -0.05) is 6.07 Å². The van der Waals surface area contributed by atoms with Crippen LogP contribution in [0.25, 0.3) is 0 Å². The Kier molecular flexibility index (Phi) is 4.56. The van der Waals surface area contributed by atoms with E-state index in [1.165, 1.54) is 53.3 Å². The third kappa shape index (κ3) is 3.40. The minimum Gasteiger partial charge on any atom is -0.447 e. The molecular weight excluding hydrogens is 374 g/mol. The quantitative estimate of drug-likeness (QED) is 0.643. The van der Waals surface area contributed by atoms with E-state index in [1.54, 1.807) is 10.9 Å². The van der Waals surface area contributed by atoms with Gasteiger partial charge in [-0.3, -0.25) is 9.40 Å². The molecule has 0 saturated heterocycles. The third-order valence-electron chi connectivity index (χ3n) is 5.36. The molecular formula is C20H21N5O2S. The van der Waals surface area contributed by atoms with Gasteiger partial charge in [0.2, 0.25) is 5.89 Å². The predicted molar refractivity (Wildman–Crippen MR) is 106 cm³/mol. The van der Waals surface area contributed by atoms with Crippen molar-refractivity contribution in [3.05, 3.63) is 58.9 Å². The topological polar surface area (TPSA) is 85.0 Å². The Bertz CT molecular complexity index is 980. The summed E-state index contributed by atoms with van der Waals surface area (Å²) in [5.41, 5.74) is 6.53. The van der Waals surface area contributed by atoms with Crippen LogP contribution in [0.4, 0.5) is 10.5 Å². The Hall–Kier alpha value is -2.74. The first-order valence-corrected chi connectivity index (χ1v) is 10.4. The third-order valence-corrected chi connectivity index (χ3v) is 6.07. The summed E-state index contributed by atoms with van der Waals surface area (Å²) < 4.78 is 9.81. The summed E-state index contributed by atoms with van der Waals surface area (Å²) in [5.74, 6) is 0.595. The summed E-state index contributed by atoms with van der Waals surface area (Å²) >= 11 is 1.20. The molecule has 2 N–H and O–H groups in total. The second-order valence-corrected chi connectivity index (χ2v) is 8.00. The van der Waals surface area contributed by atoms with Gasteiger partial charge in [0.1, 0.15) is 17.8 Å². The van der Waals surface area contributed by atoms with Crippen molar-refractivity contribution in [1.82, 2.24) is 19.5 Å². The molecule has 5 rings (SSSR count). The summed E-state index contributed by atoms with van der Waals surface area (Å²) in [6.07, 6.45) is 11.7. The second kappa shape index (κ2) is 7.35. The van der Waals surface area contributed by atoms with Crippen LogP contribution in [-0.4, -0.2) is 20.8 Å². The Labute approximate surface area is 167 Å². The normalized spacial score (nSPS) is 14.7. The molecule has 144 valence electrons. The predicted octanol–water partition coefficient (Wildman–Crippen LogP) is 3.73. The van der Waals surface area contributed by atoms with Gasteiger partial charge in [0.25, 0.3) is 0 Å². The van der Waals surface area contributed by atoms with Crippen LogP contribution in [0.2, 0.25) is 0 Å². The van der Waals surface area contributed by atoms with Gasteiger partial charge in [0.15, 0.2) is 0 Å². The smallest absolute Gasteiger partial charge is 0.329 e. The van der Waals surface area contributed by atoms with Crippen molar-refractivity contribution in [2.45, 2.75) is 50.1 Å². The van der Waals surface area contributed by atoms with E-state index in [1.807, 2.05) is 12.3 Å². The van der Waals surface area contributed by atoms with Crippen molar-refractivity contribution >= 4 is 23.7 Å². The number of rotatable bonds is 5. The van der Waals surface area contributed by atoms with Crippen LogP contribution in [0.1, 0.15) is 41.0 Å². The first kappa shape index (κ1) is 17.4. The zero-order valence-corrected chi connectivity index (χ0v) is 16.2. The number of fused-ring (bicyclic) bond motifs is 2. The highest BCUT2D eigenvalue weighted by atomic mass is 32.2. The number of amides is 2. The van der Waals surface area contributed by atoms with E-state index in [0.717, 1.165) is 31.4 Å². The van der Waals surface area contributed by atoms with Gasteiger partial charge in [-0.2, -0.15) is 5.10 Å². The molecule has 2 aliphatic carbocycles. The van der Waals surface area contributed by atoms with Crippen molar-refractivity contribution < 1.29 is 9.21 Å². The van der Waals surface area contributed by atoms with Gasteiger partial charge in [0.05, 0.1) is 6.20 Å². The average Bonchev–Trinajstić information content (AvgIpc) is 3.47. The number of urea groups is 1. The van der Waals surface area contributed by atoms with Crippen LogP contribution >= 0.6 is 11.9 Å². The average molecular weight is 395 g/mol. The molecule has 0 aliphatic heterocycles. The SMILES string of the molecule is O=C(NSc1ccn(Cc2ncco2)n1)Nc1c2c(cc3c1CCC3)CCC2. The first-order valence-electron chi connectivity index (χ1n) is 9.58. The molecule has 0 atom stereocenters. The maximum atomic E-state index is 12.5. The van der Waals surface area contributed by atoms with E-state index < -0.39 is 0 Å². The fraction of sp³-hybridized carbons (Fsp3) is 0.350. The maximum Gasteiger partial charge on any atom is 0.329 e. The van der Waals surface area contributed by atoms with Gasteiger partial charge in [-0.15, -0.1) is 0 Å². The van der Waals surface area contributed by atoms with E-state index in [-0.39, 0.29) is 6.03 Å². The van der Waals surface area contributed by atoms with Crippen molar-refractivity contribution in [1.29, 1.82) is 0 Å². The molecule has 0 bridgehead atoms. The van der Waals surface area contributed by atoms with Crippen LogP contribution in [0, 0.1) is 0 Å². The first-order chi connectivity index (χ1) is 13.8. The molecule has 2 aliphatic rings. The highest BCUT2D eigenvalue weighted by Gasteiger charge is 2.25. The fourth-order valence-corrected chi connectivity index (χ4v) is 4.68. The van der Waals surface area contributed by atoms with Crippen LogP contribution in [0.5, 0.6) is 0 Å². The van der Waals surface area contributed by atoms with E-state index in [9.17, 15) is 4.79 Å². The zero-order chi connectivity index (χ0) is 18.9. The van der Waals surface area contributed by atoms with Gasteiger partial charge in [-0.05, 0) is 66.8 Å². The van der Waals surface area contributed by atoms with Crippen molar-refractivity contribution in [2.24, 2.45) is 0 Å². The standard InChI is InChI=1S/C20H21N5O2S/c26-20(24-28-18-7-9-25(23-18)12-17-21-8-10-27-17)22-19-15-5-1-3-13(15)11-14-4-2-6-16(14)19/h7-11H,1-6,12H2,(H2,22,24,26). The van der Waals surface area contributed by atoms with E-state index in [0.29, 0.717) is 17.5 Å². The molecule has 0 fully saturated rings. The van der Waals surface area contributed by atoms with Crippen LogP contribution in [-0.2, 0) is 32.2 Å². The largest absolute Gasteiger partial charge is 0.447 e. The number of oxazole rings is 1. The van der Waals surface area contributed by atoms with Gasteiger partial charge >= 0.3 is 6.03 Å². The lowest BCUT2D eigenvalue weighted by atomic mass is 9.99. The second-order valence-electron chi connectivity index (χ2n) is 7.17. The van der Waals surface area contributed by atoms with E-state index in [2.05, 4.69) is 26.2 Å². The number of nitrogens with zero attached hydrogens (tertiary/aromatic N) is 3. The lowest BCUT2D eigenvalue weighted by Crippen LogP contribution is -2.24. The Morgan fingerprint density at radius 3 is 2.68 bits per heavy atom. The van der Waals surface area contributed by atoms with Crippen molar-refractivity contribution in [3.8, 4) is 0 Å². The lowest BCUT2D eigenvalue weighted by Gasteiger charge is -2.16. The van der Waals surface area contributed by atoms with Gasteiger partial charge in [-0.25, -0.2) is 9.78 Å². The maximum absolute atomic E-state index is 12.5. The molecule has 0 spiro atoms. The summed E-state index contributed by atoms with van der Waals surface area (Å²) in [5, 5.41) is 8.26. The van der Waals surface area contributed by atoms with E-state index in [4.69, 9.17) is 4.42 Å². The Morgan fingerprint density at radius 2 is 1.96 bits per heavy atom. The summed E-state index contributed by atoms with van der Waals surface area (Å²) in [6, 6.07) is 4.01. The lowest BCUT2D eigenvalue weighted by molar-refractivity contribution is 0.257. The number of hydrogen-bond acceptors (Lipinski definition) is 5. The highest BCUT2D eigenvalue weighted by molar-refractivity contribution is 7.97. The van der Waals surface area contributed by atoms with Crippen molar-refractivity contribution in [2.75, 3.05) is 5.32 Å². The number of anilines is 1. The molecule has 0 radical (unpaired) electrons. The Morgan fingerprint density at radius 1 is 1.18 bits per heavy atom. The monoisotopic (exact) mass is 395 g/mol. The molecule has 2 amide bonds. The number of aromatic nitrogens is 3. The number of hydrogen-bond donors (Lipinski definition) is 2. The minimum absolute atomic E-state index is 0.207.